The number of aryl methyl sites for hydroxylation is 1. The monoisotopic (exact) mass is 287 g/mol. The first-order valence-electron chi connectivity index (χ1n) is 6.79. The minimum atomic E-state index is -0.397. The molecule has 0 amide bonds. The van der Waals surface area contributed by atoms with E-state index in [1.54, 1.807) is 0 Å². The Hall–Kier alpha value is -1.51. The molecule has 3 heteroatoms. The van der Waals surface area contributed by atoms with Crippen LogP contribution in [0.1, 0.15) is 36.1 Å². The highest BCUT2D eigenvalue weighted by Crippen LogP contribution is 2.44. The van der Waals surface area contributed by atoms with Crippen molar-refractivity contribution in [1.82, 2.24) is 0 Å². The molecule has 0 fully saturated rings. The largest absolute Gasteiger partial charge is 0.482 e. The van der Waals surface area contributed by atoms with Gasteiger partial charge in [-0.25, -0.2) is 0 Å². The zero-order valence-corrected chi connectivity index (χ0v) is 12.4. The molecular formula is C17H18ClNO. The van der Waals surface area contributed by atoms with Gasteiger partial charge in [0.25, 0.3) is 0 Å². The first-order valence-corrected chi connectivity index (χ1v) is 7.17. The van der Waals surface area contributed by atoms with Crippen molar-refractivity contribution in [2.75, 3.05) is 0 Å². The summed E-state index contributed by atoms with van der Waals surface area (Å²) in [5, 5.41) is 0.696. The Morgan fingerprint density at radius 2 is 2.05 bits per heavy atom. The average Bonchev–Trinajstić information content (AvgIpc) is 2.40. The predicted octanol–water partition coefficient (Wildman–Crippen LogP) is 4.35. The van der Waals surface area contributed by atoms with E-state index in [0.29, 0.717) is 5.02 Å². The van der Waals surface area contributed by atoms with Crippen LogP contribution in [0.5, 0.6) is 5.75 Å². The van der Waals surface area contributed by atoms with E-state index in [9.17, 15) is 0 Å². The van der Waals surface area contributed by atoms with E-state index in [0.717, 1.165) is 23.3 Å². The van der Waals surface area contributed by atoms with E-state index < -0.39 is 5.60 Å². The van der Waals surface area contributed by atoms with Crippen molar-refractivity contribution in [1.29, 1.82) is 0 Å². The van der Waals surface area contributed by atoms with E-state index in [1.165, 1.54) is 5.56 Å². The van der Waals surface area contributed by atoms with Crippen LogP contribution in [0.25, 0.3) is 0 Å². The molecule has 2 aromatic rings. The third-order valence-electron chi connectivity index (χ3n) is 3.94. The Kier molecular flexibility index (Phi) is 3.23. The molecule has 2 aromatic carbocycles. The maximum Gasteiger partial charge on any atom is 0.133 e. The number of fused-ring (bicyclic) bond motifs is 1. The molecule has 1 heterocycles. The lowest BCUT2D eigenvalue weighted by molar-refractivity contribution is 0.0511. The van der Waals surface area contributed by atoms with Gasteiger partial charge in [-0.2, -0.15) is 0 Å². The van der Waals surface area contributed by atoms with E-state index >= 15 is 0 Å². The number of hydrogen-bond acceptors (Lipinski definition) is 2. The van der Waals surface area contributed by atoms with Crippen molar-refractivity contribution in [3.05, 3.63) is 64.2 Å². The molecule has 104 valence electrons. The van der Waals surface area contributed by atoms with Crippen LogP contribution < -0.4 is 10.5 Å². The SMILES string of the molecule is Cc1cccc(C2(C)C[C@H](N)c3cc(Cl)ccc3O2)c1. The van der Waals surface area contributed by atoms with Crippen LogP contribution in [0.3, 0.4) is 0 Å². The number of benzene rings is 2. The Morgan fingerprint density at radius 3 is 2.80 bits per heavy atom. The van der Waals surface area contributed by atoms with Gasteiger partial charge in [-0.05, 0) is 37.6 Å². The van der Waals surface area contributed by atoms with E-state index in [2.05, 4.69) is 38.1 Å². The highest BCUT2D eigenvalue weighted by Gasteiger charge is 2.37. The number of halogens is 1. The van der Waals surface area contributed by atoms with Gasteiger partial charge in [-0.3, -0.25) is 0 Å². The summed E-state index contributed by atoms with van der Waals surface area (Å²) < 4.78 is 6.25. The van der Waals surface area contributed by atoms with Crippen LogP contribution in [0.4, 0.5) is 0 Å². The van der Waals surface area contributed by atoms with Gasteiger partial charge >= 0.3 is 0 Å². The third-order valence-corrected chi connectivity index (χ3v) is 4.18. The van der Waals surface area contributed by atoms with Crippen LogP contribution >= 0.6 is 11.6 Å². The van der Waals surface area contributed by atoms with Crippen LogP contribution in [0, 0.1) is 6.92 Å². The highest BCUT2D eigenvalue weighted by atomic mass is 35.5. The molecule has 0 aromatic heterocycles. The van der Waals surface area contributed by atoms with Crippen molar-refractivity contribution in [3.8, 4) is 5.75 Å². The summed E-state index contributed by atoms with van der Waals surface area (Å²) in [7, 11) is 0. The second kappa shape index (κ2) is 4.80. The first kappa shape index (κ1) is 13.5. The van der Waals surface area contributed by atoms with Crippen molar-refractivity contribution in [2.24, 2.45) is 5.73 Å². The summed E-state index contributed by atoms with van der Waals surface area (Å²) >= 11 is 6.04. The minimum absolute atomic E-state index is 0.0667. The topological polar surface area (TPSA) is 35.2 Å². The number of ether oxygens (including phenoxy) is 1. The lowest BCUT2D eigenvalue weighted by atomic mass is 9.83. The maximum atomic E-state index is 6.33. The molecule has 0 saturated heterocycles. The molecule has 2 nitrogen and oxygen atoms in total. The van der Waals surface area contributed by atoms with E-state index in [4.69, 9.17) is 22.1 Å². The summed E-state index contributed by atoms with van der Waals surface area (Å²) in [4.78, 5) is 0. The first-order chi connectivity index (χ1) is 9.48. The Balaban J connectivity index is 2.04. The summed E-state index contributed by atoms with van der Waals surface area (Å²) in [6.45, 7) is 4.18. The van der Waals surface area contributed by atoms with Crippen LogP contribution in [-0.2, 0) is 5.60 Å². The summed E-state index contributed by atoms with van der Waals surface area (Å²) in [6, 6.07) is 14.0. The normalized spacial score (nSPS) is 24.9. The van der Waals surface area contributed by atoms with Crippen LogP contribution in [0.2, 0.25) is 5.02 Å². The maximum absolute atomic E-state index is 6.33. The molecule has 2 N–H and O–H groups in total. The standard InChI is InChI=1S/C17H18ClNO/c1-11-4-3-5-12(8-11)17(2)10-15(19)14-9-13(18)6-7-16(14)20-17/h3-9,15H,10,19H2,1-2H3/t15-,17?/m0/s1. The summed E-state index contributed by atoms with van der Waals surface area (Å²) in [5.74, 6) is 0.831. The minimum Gasteiger partial charge on any atom is -0.482 e. The lowest BCUT2D eigenvalue weighted by Crippen LogP contribution is -2.38. The van der Waals surface area contributed by atoms with Gasteiger partial charge in [0.15, 0.2) is 0 Å². The molecule has 0 saturated carbocycles. The summed E-state index contributed by atoms with van der Waals surface area (Å²) in [6.07, 6.45) is 0.740. The van der Waals surface area contributed by atoms with Gasteiger partial charge in [0.1, 0.15) is 11.4 Å². The Labute approximate surface area is 124 Å². The number of nitrogens with two attached hydrogens (primary N) is 1. The molecule has 2 atom stereocenters. The zero-order chi connectivity index (χ0) is 14.3. The number of rotatable bonds is 1. The second-order valence-electron chi connectivity index (χ2n) is 5.70. The van der Waals surface area contributed by atoms with E-state index in [1.807, 2.05) is 18.2 Å². The fourth-order valence-electron chi connectivity index (χ4n) is 2.87. The molecular weight excluding hydrogens is 270 g/mol. The number of hydrogen-bond donors (Lipinski definition) is 1. The quantitative estimate of drug-likeness (QED) is 0.846. The van der Waals surface area contributed by atoms with Gasteiger partial charge < -0.3 is 10.5 Å². The second-order valence-corrected chi connectivity index (χ2v) is 6.13. The molecule has 1 aliphatic heterocycles. The molecule has 0 radical (unpaired) electrons. The lowest BCUT2D eigenvalue weighted by Gasteiger charge is -2.39. The Bertz CT molecular complexity index is 655. The molecule has 1 aliphatic rings. The smallest absolute Gasteiger partial charge is 0.133 e. The van der Waals surface area contributed by atoms with Gasteiger partial charge in [-0.15, -0.1) is 0 Å². The predicted molar refractivity (Wildman–Crippen MR) is 82.2 cm³/mol. The Morgan fingerprint density at radius 1 is 1.25 bits per heavy atom. The molecule has 3 rings (SSSR count). The van der Waals surface area contributed by atoms with Crippen LogP contribution in [0.15, 0.2) is 42.5 Å². The molecule has 20 heavy (non-hydrogen) atoms. The van der Waals surface area contributed by atoms with Crippen molar-refractivity contribution in [3.63, 3.8) is 0 Å². The van der Waals surface area contributed by atoms with Crippen molar-refractivity contribution < 1.29 is 4.74 Å². The van der Waals surface area contributed by atoms with E-state index in [-0.39, 0.29) is 6.04 Å². The molecule has 1 unspecified atom stereocenters. The van der Waals surface area contributed by atoms with Gasteiger partial charge in [0.05, 0.1) is 0 Å². The van der Waals surface area contributed by atoms with Gasteiger partial charge in [0, 0.05) is 23.0 Å². The summed E-state index contributed by atoms with van der Waals surface area (Å²) in [5.41, 5.74) is 9.31. The zero-order valence-electron chi connectivity index (χ0n) is 11.7. The molecule has 0 spiro atoms. The van der Waals surface area contributed by atoms with Crippen LogP contribution in [-0.4, -0.2) is 0 Å². The highest BCUT2D eigenvalue weighted by molar-refractivity contribution is 6.30. The molecule has 0 bridgehead atoms. The van der Waals surface area contributed by atoms with Crippen molar-refractivity contribution in [2.45, 2.75) is 31.9 Å². The van der Waals surface area contributed by atoms with Gasteiger partial charge in [-0.1, -0.05) is 41.4 Å². The fraction of sp³-hybridized carbons (Fsp3) is 0.294. The molecule has 0 aliphatic carbocycles. The fourth-order valence-corrected chi connectivity index (χ4v) is 3.05. The third kappa shape index (κ3) is 2.30. The average molecular weight is 288 g/mol. The van der Waals surface area contributed by atoms with Crippen molar-refractivity contribution >= 4 is 11.6 Å². The van der Waals surface area contributed by atoms with Gasteiger partial charge in [0.2, 0.25) is 0 Å².